The van der Waals surface area contributed by atoms with Crippen LogP contribution in [0.1, 0.15) is 0 Å². The Bertz CT molecular complexity index is 611. The zero-order valence-corrected chi connectivity index (χ0v) is 11.0. The van der Waals surface area contributed by atoms with Gasteiger partial charge in [0.1, 0.15) is 6.61 Å². The van der Waals surface area contributed by atoms with E-state index >= 15 is 0 Å². The van der Waals surface area contributed by atoms with Crippen molar-refractivity contribution in [2.75, 3.05) is 11.9 Å². The van der Waals surface area contributed by atoms with E-state index in [1.807, 2.05) is 0 Å². The van der Waals surface area contributed by atoms with E-state index in [4.69, 9.17) is 4.74 Å². The number of halogens is 1. The Morgan fingerprint density at radius 1 is 1.48 bits per heavy atom. The number of hydrogen-bond acceptors (Lipinski definition) is 4. The third kappa shape index (κ3) is 4.90. The van der Waals surface area contributed by atoms with Crippen LogP contribution in [0.15, 0.2) is 55.2 Å². The molecule has 6 nitrogen and oxygen atoms in total. The van der Waals surface area contributed by atoms with Gasteiger partial charge in [0.2, 0.25) is 5.82 Å². The molecule has 1 aromatic rings. The predicted octanol–water partition coefficient (Wildman–Crippen LogP) is 3.58. The summed E-state index contributed by atoms with van der Waals surface area (Å²) in [5.74, 6) is -0.984. The van der Waals surface area contributed by atoms with Crippen molar-refractivity contribution in [2.24, 2.45) is 0 Å². The monoisotopic (exact) mass is 292 g/mol. The van der Waals surface area contributed by atoms with Crippen molar-refractivity contribution in [3.05, 3.63) is 71.1 Å². The van der Waals surface area contributed by atoms with Gasteiger partial charge in [0.15, 0.2) is 0 Å². The standard InChI is InChI=1S/C14H13FN2O4/c1-3-5-10(4-2)9-21-14(18)16-11-6-7-12(15)13(8-11)17(19)20/h3-8H,1-2,9H2,(H,16,18)/b10-5+. The summed E-state index contributed by atoms with van der Waals surface area (Å²) in [4.78, 5) is 21.2. The number of ether oxygens (including phenoxy) is 1. The fourth-order valence-electron chi connectivity index (χ4n) is 1.36. The largest absolute Gasteiger partial charge is 0.444 e. The molecule has 0 heterocycles. The highest BCUT2D eigenvalue weighted by Crippen LogP contribution is 2.21. The van der Waals surface area contributed by atoms with E-state index in [0.717, 1.165) is 12.1 Å². The average Bonchev–Trinajstić information content (AvgIpc) is 2.45. The van der Waals surface area contributed by atoms with Gasteiger partial charge in [-0.3, -0.25) is 15.4 Å². The van der Waals surface area contributed by atoms with E-state index in [0.29, 0.717) is 5.57 Å². The number of allylic oxidation sites excluding steroid dienone is 2. The first-order chi connectivity index (χ1) is 9.97. The molecule has 0 atom stereocenters. The maximum absolute atomic E-state index is 13.1. The molecule has 0 bridgehead atoms. The van der Waals surface area contributed by atoms with Crippen LogP contribution in [-0.4, -0.2) is 17.6 Å². The molecule has 0 saturated carbocycles. The summed E-state index contributed by atoms with van der Waals surface area (Å²) < 4.78 is 18.0. The summed E-state index contributed by atoms with van der Waals surface area (Å²) in [6.07, 6.45) is 3.80. The molecule has 0 radical (unpaired) electrons. The van der Waals surface area contributed by atoms with Crippen molar-refractivity contribution in [3.63, 3.8) is 0 Å². The highest BCUT2D eigenvalue weighted by atomic mass is 19.1. The summed E-state index contributed by atoms with van der Waals surface area (Å²) in [5.41, 5.74) is -0.0441. The number of nitro benzene ring substituents is 1. The van der Waals surface area contributed by atoms with Crippen molar-refractivity contribution in [2.45, 2.75) is 0 Å². The molecule has 0 spiro atoms. The number of nitrogens with one attached hydrogen (secondary N) is 1. The predicted molar refractivity (Wildman–Crippen MR) is 76.5 cm³/mol. The Balaban J connectivity index is 2.69. The lowest BCUT2D eigenvalue weighted by atomic mass is 10.2. The maximum Gasteiger partial charge on any atom is 0.411 e. The molecule has 7 heteroatoms. The van der Waals surface area contributed by atoms with Crippen LogP contribution in [-0.2, 0) is 4.74 Å². The fourth-order valence-corrected chi connectivity index (χ4v) is 1.36. The van der Waals surface area contributed by atoms with E-state index in [1.54, 1.807) is 6.08 Å². The van der Waals surface area contributed by atoms with Crippen LogP contribution in [0.4, 0.5) is 20.6 Å². The number of hydrogen-bond donors (Lipinski definition) is 1. The van der Waals surface area contributed by atoms with Gasteiger partial charge in [-0.1, -0.05) is 31.4 Å². The lowest BCUT2D eigenvalue weighted by Gasteiger charge is -2.07. The Kier molecular flexibility index (Phi) is 5.81. The topological polar surface area (TPSA) is 81.5 Å². The van der Waals surface area contributed by atoms with E-state index in [-0.39, 0.29) is 12.3 Å². The molecule has 0 aliphatic rings. The van der Waals surface area contributed by atoms with Gasteiger partial charge in [-0.2, -0.15) is 4.39 Å². The number of rotatable bonds is 6. The summed E-state index contributed by atoms with van der Waals surface area (Å²) in [7, 11) is 0. The van der Waals surface area contributed by atoms with Crippen LogP contribution < -0.4 is 5.32 Å². The third-order valence-electron chi connectivity index (χ3n) is 2.35. The number of carbonyl (C=O) groups is 1. The quantitative estimate of drug-likeness (QED) is 0.493. The first-order valence-corrected chi connectivity index (χ1v) is 5.79. The molecule has 1 amide bonds. The van der Waals surface area contributed by atoms with Crippen molar-refractivity contribution < 1.29 is 18.8 Å². The molecule has 0 aliphatic carbocycles. The SMILES string of the molecule is C=C/C=C(\C=C)COC(=O)Nc1ccc(F)c([N+](=O)[O-])c1. The number of nitrogens with zero attached hydrogens (tertiary/aromatic N) is 1. The molecular weight excluding hydrogens is 279 g/mol. The second kappa shape index (κ2) is 7.59. The van der Waals surface area contributed by atoms with Crippen LogP contribution in [0.2, 0.25) is 0 Å². The van der Waals surface area contributed by atoms with Crippen molar-refractivity contribution >= 4 is 17.5 Å². The van der Waals surface area contributed by atoms with Gasteiger partial charge in [0.25, 0.3) is 0 Å². The summed E-state index contributed by atoms with van der Waals surface area (Å²) in [6.45, 7) is 7.00. The Morgan fingerprint density at radius 2 is 2.19 bits per heavy atom. The van der Waals surface area contributed by atoms with Crippen LogP contribution in [0.5, 0.6) is 0 Å². The normalized spacial score (nSPS) is 10.6. The Morgan fingerprint density at radius 3 is 2.76 bits per heavy atom. The molecule has 0 aliphatic heterocycles. The number of nitro groups is 1. The lowest BCUT2D eigenvalue weighted by Crippen LogP contribution is -2.15. The Hall–Kier alpha value is -2.96. The number of anilines is 1. The van der Waals surface area contributed by atoms with Gasteiger partial charge in [-0.15, -0.1) is 0 Å². The molecule has 0 unspecified atom stereocenters. The first kappa shape index (κ1) is 16.1. The lowest BCUT2D eigenvalue weighted by molar-refractivity contribution is -0.387. The van der Waals surface area contributed by atoms with Gasteiger partial charge in [0, 0.05) is 6.07 Å². The smallest absolute Gasteiger partial charge is 0.411 e. The van der Waals surface area contributed by atoms with Gasteiger partial charge >= 0.3 is 11.8 Å². The van der Waals surface area contributed by atoms with E-state index in [1.165, 1.54) is 18.2 Å². The zero-order chi connectivity index (χ0) is 15.8. The summed E-state index contributed by atoms with van der Waals surface area (Å²) in [6, 6.07) is 2.99. The van der Waals surface area contributed by atoms with Crippen molar-refractivity contribution in [1.82, 2.24) is 0 Å². The summed E-state index contributed by atoms with van der Waals surface area (Å²) in [5, 5.41) is 12.8. The highest BCUT2D eigenvalue weighted by Gasteiger charge is 2.15. The molecule has 1 rings (SSSR count). The number of carbonyl (C=O) groups excluding carboxylic acids is 1. The molecule has 0 saturated heterocycles. The van der Waals surface area contributed by atoms with Crippen molar-refractivity contribution in [1.29, 1.82) is 0 Å². The zero-order valence-electron chi connectivity index (χ0n) is 11.0. The van der Waals surface area contributed by atoms with Gasteiger partial charge < -0.3 is 4.74 Å². The van der Waals surface area contributed by atoms with E-state index in [2.05, 4.69) is 18.5 Å². The Labute approximate surface area is 120 Å². The van der Waals surface area contributed by atoms with Gasteiger partial charge in [0.05, 0.1) is 10.6 Å². The summed E-state index contributed by atoms with van der Waals surface area (Å²) >= 11 is 0. The molecule has 21 heavy (non-hydrogen) atoms. The van der Waals surface area contributed by atoms with Crippen LogP contribution in [0, 0.1) is 15.9 Å². The first-order valence-electron chi connectivity index (χ1n) is 5.79. The van der Waals surface area contributed by atoms with E-state index < -0.39 is 22.5 Å². The molecule has 0 aromatic heterocycles. The fraction of sp³-hybridized carbons (Fsp3) is 0.0714. The second-order valence-electron chi connectivity index (χ2n) is 3.81. The molecular formula is C14H13FN2O4. The minimum Gasteiger partial charge on any atom is -0.444 e. The molecule has 1 aromatic carbocycles. The minimum atomic E-state index is -0.984. The highest BCUT2D eigenvalue weighted by molar-refractivity contribution is 5.85. The second-order valence-corrected chi connectivity index (χ2v) is 3.81. The van der Waals surface area contributed by atoms with Gasteiger partial charge in [-0.25, -0.2) is 4.79 Å². The van der Waals surface area contributed by atoms with Crippen molar-refractivity contribution in [3.8, 4) is 0 Å². The van der Waals surface area contributed by atoms with E-state index in [9.17, 15) is 19.3 Å². The molecule has 0 fully saturated rings. The molecule has 110 valence electrons. The van der Waals surface area contributed by atoms with Crippen LogP contribution in [0.25, 0.3) is 0 Å². The maximum atomic E-state index is 13.1. The number of benzene rings is 1. The van der Waals surface area contributed by atoms with Crippen LogP contribution in [0.3, 0.4) is 0 Å². The van der Waals surface area contributed by atoms with Gasteiger partial charge in [-0.05, 0) is 17.7 Å². The average molecular weight is 292 g/mol. The van der Waals surface area contributed by atoms with Crippen LogP contribution >= 0.6 is 0 Å². The molecule has 1 N–H and O–H groups in total. The number of amides is 1. The minimum absolute atomic E-state index is 0.0371. The third-order valence-corrected chi connectivity index (χ3v) is 2.35.